The third-order valence-corrected chi connectivity index (χ3v) is 5.28. The van der Waals surface area contributed by atoms with E-state index in [1.807, 2.05) is 4.90 Å². The van der Waals surface area contributed by atoms with Crippen molar-refractivity contribution in [3.63, 3.8) is 0 Å². The molecule has 0 radical (unpaired) electrons. The molecule has 3 rings (SSSR count). The number of halogens is 5. The average Bonchev–Trinajstić information content (AvgIpc) is 2.95. The predicted octanol–water partition coefficient (Wildman–Crippen LogP) is 4.55. The molecular formula is C16H15ClF4N2S. The molecule has 0 aliphatic carbocycles. The second-order valence-electron chi connectivity index (χ2n) is 5.56. The second kappa shape index (κ2) is 7.00. The highest BCUT2D eigenvalue weighted by Crippen LogP contribution is 2.41. The molecule has 0 spiro atoms. The van der Waals surface area contributed by atoms with Gasteiger partial charge in [0.05, 0.1) is 15.9 Å². The first-order valence-electron chi connectivity index (χ1n) is 7.43. The molecule has 1 aliphatic heterocycles. The molecule has 0 saturated carbocycles. The van der Waals surface area contributed by atoms with E-state index in [0.717, 1.165) is 10.9 Å². The molecule has 130 valence electrons. The van der Waals surface area contributed by atoms with Crippen LogP contribution in [0.3, 0.4) is 0 Å². The molecule has 1 atom stereocenters. The predicted molar refractivity (Wildman–Crippen MR) is 87.0 cm³/mol. The molecule has 1 aromatic carbocycles. The Hall–Kier alpha value is -1.15. The number of benzene rings is 1. The monoisotopic (exact) mass is 378 g/mol. The second-order valence-corrected chi connectivity index (χ2v) is 7.31. The van der Waals surface area contributed by atoms with Crippen LogP contribution in [0.15, 0.2) is 30.3 Å². The maximum Gasteiger partial charge on any atom is 0.416 e. The normalized spacial score (nSPS) is 17.9. The van der Waals surface area contributed by atoms with Crippen molar-refractivity contribution in [1.82, 2.24) is 10.2 Å². The number of thiophene rings is 1. The van der Waals surface area contributed by atoms with Crippen LogP contribution < -0.4 is 5.32 Å². The smallest absolute Gasteiger partial charge is 0.314 e. The van der Waals surface area contributed by atoms with Crippen molar-refractivity contribution >= 4 is 22.9 Å². The zero-order valence-electron chi connectivity index (χ0n) is 12.5. The van der Waals surface area contributed by atoms with Gasteiger partial charge in [-0.3, -0.25) is 4.90 Å². The highest BCUT2D eigenvalue weighted by atomic mass is 35.5. The minimum atomic E-state index is -4.62. The van der Waals surface area contributed by atoms with Gasteiger partial charge in [-0.1, -0.05) is 17.7 Å². The van der Waals surface area contributed by atoms with Gasteiger partial charge < -0.3 is 5.32 Å². The Morgan fingerprint density at radius 1 is 1.12 bits per heavy atom. The molecule has 1 aliphatic rings. The van der Waals surface area contributed by atoms with Crippen molar-refractivity contribution in [2.45, 2.75) is 12.2 Å². The standard InChI is InChI=1S/C16H15ClF4N2S/c17-14-4-3-13(24-14)15(23-7-5-22-6-8-23)11-2-1-10(18)9-12(11)16(19,20)21/h1-4,9,15,22H,5-8H2/t15-/m1/s1. The van der Waals surface area contributed by atoms with E-state index in [1.54, 1.807) is 12.1 Å². The average molecular weight is 379 g/mol. The van der Waals surface area contributed by atoms with Crippen LogP contribution >= 0.6 is 22.9 Å². The molecule has 8 heteroatoms. The van der Waals surface area contributed by atoms with Crippen LogP contribution in [0.4, 0.5) is 17.6 Å². The van der Waals surface area contributed by atoms with Crippen molar-refractivity contribution in [3.8, 4) is 0 Å². The molecule has 0 unspecified atom stereocenters. The maximum absolute atomic E-state index is 13.5. The Morgan fingerprint density at radius 2 is 1.83 bits per heavy atom. The minimum Gasteiger partial charge on any atom is -0.314 e. The van der Waals surface area contributed by atoms with Crippen LogP contribution in [0.25, 0.3) is 0 Å². The van der Waals surface area contributed by atoms with Crippen LogP contribution in [-0.2, 0) is 6.18 Å². The van der Waals surface area contributed by atoms with E-state index >= 15 is 0 Å². The van der Waals surface area contributed by atoms with E-state index in [0.29, 0.717) is 36.6 Å². The number of piperazine rings is 1. The van der Waals surface area contributed by atoms with Crippen LogP contribution in [0.2, 0.25) is 4.34 Å². The van der Waals surface area contributed by atoms with Crippen molar-refractivity contribution in [2.75, 3.05) is 26.2 Å². The number of hydrogen-bond donors (Lipinski definition) is 1. The molecule has 2 aromatic rings. The van der Waals surface area contributed by atoms with Gasteiger partial charge in [-0.2, -0.15) is 13.2 Å². The summed E-state index contributed by atoms with van der Waals surface area (Å²) in [5, 5.41) is 3.19. The fourth-order valence-electron chi connectivity index (χ4n) is 2.96. The van der Waals surface area contributed by atoms with Crippen molar-refractivity contribution in [2.24, 2.45) is 0 Å². The van der Waals surface area contributed by atoms with Gasteiger partial charge in [0.1, 0.15) is 5.82 Å². The molecule has 2 nitrogen and oxygen atoms in total. The third-order valence-electron chi connectivity index (χ3n) is 4.00. The molecule has 1 fully saturated rings. The van der Waals surface area contributed by atoms with Gasteiger partial charge in [-0.15, -0.1) is 11.3 Å². The number of rotatable bonds is 3. The Labute approximate surface area is 146 Å². The Bertz CT molecular complexity index is 710. The summed E-state index contributed by atoms with van der Waals surface area (Å²) in [7, 11) is 0. The van der Waals surface area contributed by atoms with Gasteiger partial charge in [-0.05, 0) is 29.8 Å². The van der Waals surface area contributed by atoms with Crippen LogP contribution in [0.1, 0.15) is 22.0 Å². The highest BCUT2D eigenvalue weighted by Gasteiger charge is 2.38. The largest absolute Gasteiger partial charge is 0.416 e. The molecule has 24 heavy (non-hydrogen) atoms. The summed E-state index contributed by atoms with van der Waals surface area (Å²) in [5.74, 6) is -0.894. The first-order valence-corrected chi connectivity index (χ1v) is 8.62. The number of hydrogen-bond acceptors (Lipinski definition) is 3. The Morgan fingerprint density at radius 3 is 2.42 bits per heavy atom. The zero-order valence-corrected chi connectivity index (χ0v) is 14.1. The molecule has 1 saturated heterocycles. The van der Waals surface area contributed by atoms with Crippen molar-refractivity contribution in [3.05, 3.63) is 56.5 Å². The summed E-state index contributed by atoms with van der Waals surface area (Å²) in [5.41, 5.74) is -0.875. The van der Waals surface area contributed by atoms with Gasteiger partial charge in [0, 0.05) is 31.1 Å². The van der Waals surface area contributed by atoms with Gasteiger partial charge in [-0.25, -0.2) is 4.39 Å². The van der Waals surface area contributed by atoms with Crippen LogP contribution in [0, 0.1) is 5.82 Å². The highest BCUT2D eigenvalue weighted by molar-refractivity contribution is 7.16. The summed E-state index contributed by atoms with van der Waals surface area (Å²) >= 11 is 7.24. The summed E-state index contributed by atoms with van der Waals surface area (Å²) in [4.78, 5) is 2.69. The van der Waals surface area contributed by atoms with E-state index < -0.39 is 23.6 Å². The van der Waals surface area contributed by atoms with Crippen LogP contribution in [-0.4, -0.2) is 31.1 Å². The van der Waals surface area contributed by atoms with Gasteiger partial charge in [0.25, 0.3) is 0 Å². The molecule has 2 heterocycles. The van der Waals surface area contributed by atoms with E-state index in [9.17, 15) is 17.6 Å². The fourth-order valence-corrected chi connectivity index (χ4v) is 4.17. The molecule has 1 N–H and O–H groups in total. The van der Waals surface area contributed by atoms with Crippen LogP contribution in [0.5, 0.6) is 0 Å². The van der Waals surface area contributed by atoms with Gasteiger partial charge >= 0.3 is 6.18 Å². The molecular weight excluding hydrogens is 364 g/mol. The quantitative estimate of drug-likeness (QED) is 0.788. The van der Waals surface area contributed by atoms with E-state index in [-0.39, 0.29) is 5.56 Å². The van der Waals surface area contributed by atoms with E-state index in [2.05, 4.69) is 5.32 Å². The zero-order chi connectivity index (χ0) is 17.3. The maximum atomic E-state index is 13.5. The summed E-state index contributed by atoms with van der Waals surface area (Å²) in [6.07, 6.45) is -4.62. The third kappa shape index (κ3) is 3.74. The Balaban J connectivity index is 2.12. The first kappa shape index (κ1) is 17.7. The molecule has 1 aromatic heterocycles. The Kier molecular flexibility index (Phi) is 5.15. The van der Waals surface area contributed by atoms with Crippen molar-refractivity contribution < 1.29 is 17.6 Å². The summed E-state index contributed by atoms with van der Waals surface area (Å²) in [6.45, 7) is 2.60. The molecule has 0 amide bonds. The SMILES string of the molecule is Fc1ccc([C@H](c2ccc(Cl)s2)N2CCNCC2)c(C(F)(F)F)c1. The lowest BCUT2D eigenvalue weighted by Crippen LogP contribution is -2.45. The molecule has 0 bridgehead atoms. The van der Waals surface area contributed by atoms with E-state index in [4.69, 9.17) is 11.6 Å². The van der Waals surface area contributed by atoms with Gasteiger partial charge in [0.2, 0.25) is 0 Å². The van der Waals surface area contributed by atoms with Gasteiger partial charge in [0.15, 0.2) is 0 Å². The summed E-state index contributed by atoms with van der Waals surface area (Å²) in [6, 6.07) is 5.70. The number of nitrogens with one attached hydrogen (secondary N) is 1. The van der Waals surface area contributed by atoms with E-state index in [1.165, 1.54) is 17.4 Å². The first-order chi connectivity index (χ1) is 11.4. The lowest BCUT2D eigenvalue weighted by molar-refractivity contribution is -0.138. The number of nitrogens with zero attached hydrogens (tertiary/aromatic N) is 1. The number of alkyl halides is 3. The lowest BCUT2D eigenvalue weighted by atomic mass is 9.96. The topological polar surface area (TPSA) is 15.3 Å². The summed E-state index contributed by atoms with van der Waals surface area (Å²) < 4.78 is 54.3. The lowest BCUT2D eigenvalue weighted by Gasteiger charge is -2.35. The minimum absolute atomic E-state index is 0.0596. The fraction of sp³-hybridized carbons (Fsp3) is 0.375. The van der Waals surface area contributed by atoms with Crippen molar-refractivity contribution in [1.29, 1.82) is 0 Å².